The molecule has 0 aromatic heterocycles. The van der Waals surface area contributed by atoms with Crippen molar-refractivity contribution in [3.05, 3.63) is 27.7 Å². The van der Waals surface area contributed by atoms with Crippen molar-refractivity contribution in [2.45, 2.75) is 6.42 Å². The summed E-state index contributed by atoms with van der Waals surface area (Å²) in [5.74, 6) is 0. The molecule has 0 saturated heterocycles. The molecule has 1 rings (SSSR count). The number of rotatable bonds is 4. The summed E-state index contributed by atoms with van der Waals surface area (Å²) < 4.78 is 0.909. The molecule has 0 aliphatic heterocycles. The van der Waals surface area contributed by atoms with Gasteiger partial charge in [-0.1, -0.05) is 11.6 Å². The van der Waals surface area contributed by atoms with Gasteiger partial charge in [0, 0.05) is 16.7 Å². The van der Waals surface area contributed by atoms with Crippen molar-refractivity contribution in [3.63, 3.8) is 0 Å². The molecule has 0 radical (unpaired) electrons. The summed E-state index contributed by atoms with van der Waals surface area (Å²) in [7, 11) is 0. The van der Waals surface area contributed by atoms with Crippen LogP contribution in [0.25, 0.3) is 0 Å². The van der Waals surface area contributed by atoms with Gasteiger partial charge < -0.3 is 11.1 Å². The van der Waals surface area contributed by atoms with E-state index < -0.39 is 0 Å². The van der Waals surface area contributed by atoms with Crippen molar-refractivity contribution < 1.29 is 0 Å². The Morgan fingerprint density at radius 1 is 1.46 bits per heavy atom. The predicted molar refractivity (Wildman–Crippen MR) is 61.3 cm³/mol. The number of hydrogen-bond donors (Lipinski definition) is 2. The summed E-state index contributed by atoms with van der Waals surface area (Å²) in [5.41, 5.74) is 6.44. The zero-order chi connectivity index (χ0) is 9.68. The van der Waals surface area contributed by atoms with E-state index in [0.717, 1.165) is 28.1 Å². The van der Waals surface area contributed by atoms with Crippen LogP contribution >= 0.6 is 27.5 Å². The number of benzene rings is 1. The molecule has 1 aromatic rings. The molecule has 13 heavy (non-hydrogen) atoms. The van der Waals surface area contributed by atoms with Crippen molar-refractivity contribution in [1.82, 2.24) is 0 Å². The van der Waals surface area contributed by atoms with Gasteiger partial charge >= 0.3 is 0 Å². The first-order valence-corrected chi connectivity index (χ1v) is 5.30. The SMILES string of the molecule is NCCCNc1ccc(Cl)c(Br)c1. The van der Waals surface area contributed by atoms with E-state index in [1.165, 1.54) is 0 Å². The third-order valence-corrected chi connectivity index (χ3v) is 2.84. The van der Waals surface area contributed by atoms with E-state index in [0.29, 0.717) is 6.54 Å². The number of hydrogen-bond acceptors (Lipinski definition) is 2. The summed E-state index contributed by atoms with van der Waals surface area (Å²) in [4.78, 5) is 0. The molecule has 0 heterocycles. The molecule has 0 unspecified atom stereocenters. The number of nitrogens with two attached hydrogens (primary N) is 1. The average Bonchev–Trinajstić information content (AvgIpc) is 2.12. The lowest BCUT2D eigenvalue weighted by atomic mass is 10.3. The lowest BCUT2D eigenvalue weighted by Crippen LogP contribution is -2.08. The predicted octanol–water partition coefficient (Wildman–Crippen LogP) is 2.86. The highest BCUT2D eigenvalue weighted by Crippen LogP contribution is 2.25. The maximum atomic E-state index is 5.85. The number of anilines is 1. The van der Waals surface area contributed by atoms with Gasteiger partial charge in [-0.15, -0.1) is 0 Å². The summed E-state index contributed by atoms with van der Waals surface area (Å²) >= 11 is 9.21. The van der Waals surface area contributed by atoms with Crippen LogP contribution in [0, 0.1) is 0 Å². The second-order valence-electron chi connectivity index (χ2n) is 2.70. The Bertz CT molecular complexity index is 278. The van der Waals surface area contributed by atoms with Gasteiger partial charge in [-0.2, -0.15) is 0 Å². The quantitative estimate of drug-likeness (QED) is 0.820. The topological polar surface area (TPSA) is 38.0 Å². The maximum Gasteiger partial charge on any atom is 0.0549 e. The first-order chi connectivity index (χ1) is 6.24. The normalized spacial score (nSPS) is 10.1. The van der Waals surface area contributed by atoms with E-state index in [1.54, 1.807) is 0 Å². The van der Waals surface area contributed by atoms with Crippen LogP contribution in [0.2, 0.25) is 5.02 Å². The first kappa shape index (κ1) is 10.8. The third kappa shape index (κ3) is 3.55. The Morgan fingerprint density at radius 2 is 2.23 bits per heavy atom. The van der Waals surface area contributed by atoms with Gasteiger partial charge in [-0.05, 0) is 47.1 Å². The molecular weight excluding hydrogens is 251 g/mol. The fourth-order valence-electron chi connectivity index (χ4n) is 0.941. The Kier molecular flexibility index (Phi) is 4.56. The Balaban J connectivity index is 2.53. The monoisotopic (exact) mass is 262 g/mol. The third-order valence-electron chi connectivity index (χ3n) is 1.63. The summed E-state index contributed by atoms with van der Waals surface area (Å²) in [6.45, 7) is 1.60. The van der Waals surface area contributed by atoms with Gasteiger partial charge in [-0.25, -0.2) is 0 Å². The van der Waals surface area contributed by atoms with Gasteiger partial charge in [-0.3, -0.25) is 0 Å². The summed E-state index contributed by atoms with van der Waals surface area (Å²) in [6, 6.07) is 5.76. The van der Waals surface area contributed by atoms with Crippen molar-refractivity contribution in [1.29, 1.82) is 0 Å². The minimum Gasteiger partial charge on any atom is -0.385 e. The molecule has 0 fully saturated rings. The van der Waals surface area contributed by atoms with Crippen molar-refractivity contribution in [3.8, 4) is 0 Å². The van der Waals surface area contributed by atoms with Gasteiger partial charge in [0.2, 0.25) is 0 Å². The summed E-state index contributed by atoms with van der Waals surface area (Å²) in [5, 5.41) is 3.97. The van der Waals surface area contributed by atoms with Crippen LogP contribution in [-0.4, -0.2) is 13.1 Å². The summed E-state index contributed by atoms with van der Waals surface area (Å²) in [6.07, 6.45) is 0.972. The van der Waals surface area contributed by atoms with Crippen molar-refractivity contribution in [2.24, 2.45) is 5.73 Å². The van der Waals surface area contributed by atoms with Crippen LogP contribution in [0.3, 0.4) is 0 Å². The van der Waals surface area contributed by atoms with E-state index in [4.69, 9.17) is 17.3 Å². The maximum absolute atomic E-state index is 5.85. The molecule has 4 heteroatoms. The van der Waals surface area contributed by atoms with Gasteiger partial charge in [0.05, 0.1) is 5.02 Å². The van der Waals surface area contributed by atoms with Crippen LogP contribution in [0.4, 0.5) is 5.69 Å². The Morgan fingerprint density at radius 3 is 2.85 bits per heavy atom. The number of nitrogens with one attached hydrogen (secondary N) is 1. The van der Waals surface area contributed by atoms with Gasteiger partial charge in [0.1, 0.15) is 0 Å². The van der Waals surface area contributed by atoms with Gasteiger partial charge in [0.15, 0.2) is 0 Å². The molecular formula is C9H12BrClN2. The minimum atomic E-state index is 0.710. The highest BCUT2D eigenvalue weighted by atomic mass is 79.9. The van der Waals surface area contributed by atoms with E-state index in [2.05, 4.69) is 21.2 Å². The van der Waals surface area contributed by atoms with Gasteiger partial charge in [0.25, 0.3) is 0 Å². The molecule has 0 aliphatic carbocycles. The average molecular weight is 264 g/mol. The molecule has 0 aliphatic rings. The first-order valence-electron chi connectivity index (χ1n) is 4.13. The lowest BCUT2D eigenvalue weighted by Gasteiger charge is -2.06. The molecule has 0 saturated carbocycles. The van der Waals surface area contributed by atoms with Crippen LogP contribution in [0.5, 0.6) is 0 Å². The highest BCUT2D eigenvalue weighted by Gasteiger charge is 1.97. The van der Waals surface area contributed by atoms with Crippen LogP contribution in [-0.2, 0) is 0 Å². The largest absolute Gasteiger partial charge is 0.385 e. The molecule has 2 nitrogen and oxygen atoms in total. The van der Waals surface area contributed by atoms with E-state index in [9.17, 15) is 0 Å². The Hall–Kier alpha value is -0.250. The molecule has 0 spiro atoms. The van der Waals surface area contributed by atoms with Crippen molar-refractivity contribution >= 4 is 33.2 Å². The molecule has 0 amide bonds. The molecule has 0 atom stereocenters. The Labute approximate surface area is 91.6 Å². The standard InChI is InChI=1S/C9H12BrClN2/c10-8-6-7(2-3-9(8)11)13-5-1-4-12/h2-3,6,13H,1,4-5,12H2. The lowest BCUT2D eigenvalue weighted by molar-refractivity contribution is 0.874. The minimum absolute atomic E-state index is 0.710. The van der Waals surface area contributed by atoms with E-state index >= 15 is 0 Å². The van der Waals surface area contributed by atoms with E-state index in [1.807, 2.05) is 18.2 Å². The molecule has 1 aromatic carbocycles. The van der Waals surface area contributed by atoms with Crippen LogP contribution in [0.1, 0.15) is 6.42 Å². The van der Waals surface area contributed by atoms with Crippen LogP contribution < -0.4 is 11.1 Å². The molecule has 72 valence electrons. The van der Waals surface area contributed by atoms with Crippen LogP contribution in [0.15, 0.2) is 22.7 Å². The molecule has 0 bridgehead atoms. The smallest absolute Gasteiger partial charge is 0.0549 e. The highest BCUT2D eigenvalue weighted by molar-refractivity contribution is 9.10. The fraction of sp³-hybridized carbons (Fsp3) is 0.333. The van der Waals surface area contributed by atoms with E-state index in [-0.39, 0.29) is 0 Å². The zero-order valence-corrected chi connectivity index (χ0v) is 9.53. The zero-order valence-electron chi connectivity index (χ0n) is 7.19. The second kappa shape index (κ2) is 5.47. The fourth-order valence-corrected chi connectivity index (χ4v) is 1.44. The number of halogens is 2. The van der Waals surface area contributed by atoms with Crippen molar-refractivity contribution in [2.75, 3.05) is 18.4 Å². The molecule has 3 N–H and O–H groups in total. The second-order valence-corrected chi connectivity index (χ2v) is 3.96.